The number of halogens is 4. The zero-order chi connectivity index (χ0) is 12.3. The molecule has 5 heteroatoms. The van der Waals surface area contributed by atoms with Crippen LogP contribution in [0.4, 0.5) is 17.6 Å². The summed E-state index contributed by atoms with van der Waals surface area (Å²) in [5.41, 5.74) is -0.548. The molecule has 1 heterocycles. The Morgan fingerprint density at radius 3 is 2.47 bits per heavy atom. The molecule has 1 aromatic rings. The van der Waals surface area contributed by atoms with Gasteiger partial charge in [-0.25, -0.2) is 4.39 Å². The molecule has 92 valence electrons. The summed E-state index contributed by atoms with van der Waals surface area (Å²) in [5, 5.41) is 3.13. The third-order valence-electron chi connectivity index (χ3n) is 3.70. The molecule has 17 heavy (non-hydrogen) atoms. The fourth-order valence-electron chi connectivity index (χ4n) is 2.66. The zero-order valence-corrected chi connectivity index (χ0v) is 8.99. The van der Waals surface area contributed by atoms with E-state index in [2.05, 4.69) is 5.32 Å². The van der Waals surface area contributed by atoms with Crippen LogP contribution >= 0.6 is 0 Å². The van der Waals surface area contributed by atoms with Crippen LogP contribution in [0.5, 0.6) is 0 Å². The summed E-state index contributed by atoms with van der Waals surface area (Å²) in [7, 11) is 0. The highest BCUT2D eigenvalue weighted by Crippen LogP contribution is 2.52. The van der Waals surface area contributed by atoms with E-state index in [4.69, 9.17) is 0 Å². The topological polar surface area (TPSA) is 12.0 Å². The molecular weight excluding hydrogens is 234 g/mol. The molecular formula is C12H11F4N. The van der Waals surface area contributed by atoms with Crippen molar-refractivity contribution in [1.82, 2.24) is 5.32 Å². The molecule has 1 aliphatic carbocycles. The molecule has 1 N–H and O–H groups in total. The molecule has 0 bridgehead atoms. The molecule has 1 aliphatic heterocycles. The molecule has 0 radical (unpaired) electrons. The predicted octanol–water partition coefficient (Wildman–Crippen LogP) is 2.98. The summed E-state index contributed by atoms with van der Waals surface area (Å²) in [5.74, 6) is -1.06. The van der Waals surface area contributed by atoms with Crippen molar-refractivity contribution in [2.45, 2.75) is 31.0 Å². The van der Waals surface area contributed by atoms with E-state index in [-0.39, 0.29) is 5.41 Å². The maximum absolute atomic E-state index is 14.0. The number of benzene rings is 1. The quantitative estimate of drug-likeness (QED) is 0.693. The maximum atomic E-state index is 14.0. The Bertz CT molecular complexity index is 474. The smallest absolute Gasteiger partial charge is 0.312 e. The Morgan fingerprint density at radius 1 is 1.18 bits per heavy atom. The van der Waals surface area contributed by atoms with Crippen LogP contribution in [0.3, 0.4) is 0 Å². The van der Waals surface area contributed by atoms with Gasteiger partial charge >= 0.3 is 6.18 Å². The van der Waals surface area contributed by atoms with E-state index in [1.54, 1.807) is 0 Å². The number of alkyl halides is 3. The van der Waals surface area contributed by atoms with Crippen LogP contribution in [0.1, 0.15) is 29.5 Å². The summed E-state index contributed by atoms with van der Waals surface area (Å²) < 4.78 is 51.9. The van der Waals surface area contributed by atoms with Crippen molar-refractivity contribution < 1.29 is 17.6 Å². The number of nitrogens with one attached hydrogen (secondary N) is 1. The number of hydrogen-bond acceptors (Lipinski definition) is 1. The van der Waals surface area contributed by atoms with Crippen molar-refractivity contribution in [2.24, 2.45) is 0 Å². The number of rotatable bonds is 0. The van der Waals surface area contributed by atoms with Gasteiger partial charge in [-0.15, -0.1) is 0 Å². The van der Waals surface area contributed by atoms with Crippen molar-refractivity contribution >= 4 is 0 Å². The van der Waals surface area contributed by atoms with Crippen molar-refractivity contribution in [2.75, 3.05) is 6.54 Å². The van der Waals surface area contributed by atoms with Gasteiger partial charge in [0, 0.05) is 24.1 Å². The van der Waals surface area contributed by atoms with Gasteiger partial charge in [-0.05, 0) is 24.5 Å². The van der Waals surface area contributed by atoms with Crippen LogP contribution in [-0.4, -0.2) is 6.54 Å². The second kappa shape index (κ2) is 3.22. The van der Waals surface area contributed by atoms with E-state index in [9.17, 15) is 17.6 Å². The monoisotopic (exact) mass is 245 g/mol. The fraction of sp³-hybridized carbons (Fsp3) is 0.500. The van der Waals surface area contributed by atoms with Gasteiger partial charge in [0.1, 0.15) is 5.82 Å². The lowest BCUT2D eigenvalue weighted by Crippen LogP contribution is -2.35. The van der Waals surface area contributed by atoms with Crippen molar-refractivity contribution in [3.63, 3.8) is 0 Å². The number of hydrogen-bond donors (Lipinski definition) is 1. The number of fused-ring (bicyclic) bond motifs is 2. The summed E-state index contributed by atoms with van der Waals surface area (Å²) in [6.07, 6.45) is -3.07. The van der Waals surface area contributed by atoms with Gasteiger partial charge in [-0.3, -0.25) is 0 Å². The van der Waals surface area contributed by atoms with Crippen LogP contribution in [0.25, 0.3) is 0 Å². The zero-order valence-electron chi connectivity index (χ0n) is 8.99. The first-order valence-electron chi connectivity index (χ1n) is 5.54. The van der Waals surface area contributed by atoms with Gasteiger partial charge in [0.25, 0.3) is 0 Å². The van der Waals surface area contributed by atoms with Crippen molar-refractivity contribution in [3.05, 3.63) is 34.6 Å². The van der Waals surface area contributed by atoms with Gasteiger partial charge in [0.15, 0.2) is 0 Å². The molecule has 1 aromatic carbocycles. The molecule has 3 rings (SSSR count). The average molecular weight is 245 g/mol. The van der Waals surface area contributed by atoms with E-state index in [1.807, 2.05) is 0 Å². The highest BCUT2D eigenvalue weighted by atomic mass is 19.4. The molecule has 1 nitrogen and oxygen atoms in total. The molecule has 1 fully saturated rings. The first-order chi connectivity index (χ1) is 7.94. The average Bonchev–Trinajstić information content (AvgIpc) is 2.97. The summed E-state index contributed by atoms with van der Waals surface area (Å²) >= 11 is 0. The van der Waals surface area contributed by atoms with Gasteiger partial charge in [0.2, 0.25) is 0 Å². The third kappa shape index (κ3) is 1.56. The van der Waals surface area contributed by atoms with Crippen LogP contribution in [0.2, 0.25) is 0 Å². The molecule has 1 spiro atoms. The van der Waals surface area contributed by atoms with E-state index in [1.165, 1.54) is 6.07 Å². The molecule has 2 aliphatic rings. The highest BCUT2D eigenvalue weighted by Gasteiger charge is 2.50. The van der Waals surface area contributed by atoms with Gasteiger partial charge in [-0.1, -0.05) is 6.07 Å². The van der Waals surface area contributed by atoms with Gasteiger partial charge in [0.05, 0.1) is 5.56 Å². The fourth-order valence-corrected chi connectivity index (χ4v) is 2.66. The first kappa shape index (κ1) is 11.0. The molecule has 0 unspecified atom stereocenters. The Labute approximate surface area is 95.8 Å². The second-order valence-electron chi connectivity index (χ2n) is 4.84. The minimum Gasteiger partial charge on any atom is -0.312 e. The van der Waals surface area contributed by atoms with Crippen molar-refractivity contribution in [3.8, 4) is 0 Å². The largest absolute Gasteiger partial charge is 0.419 e. The van der Waals surface area contributed by atoms with E-state index in [0.717, 1.165) is 18.9 Å². The summed E-state index contributed by atoms with van der Waals surface area (Å²) in [6, 6.07) is 2.24. The normalized spacial score (nSPS) is 21.4. The van der Waals surface area contributed by atoms with E-state index >= 15 is 0 Å². The van der Waals surface area contributed by atoms with E-state index < -0.39 is 17.6 Å². The highest BCUT2D eigenvalue weighted by molar-refractivity contribution is 5.45. The van der Waals surface area contributed by atoms with Crippen LogP contribution in [0.15, 0.2) is 12.1 Å². The molecule has 0 aromatic heterocycles. The third-order valence-corrected chi connectivity index (χ3v) is 3.70. The van der Waals surface area contributed by atoms with Gasteiger partial charge < -0.3 is 5.32 Å². The molecule has 1 saturated carbocycles. The Kier molecular flexibility index (Phi) is 2.09. The molecule has 0 amide bonds. The second-order valence-corrected chi connectivity index (χ2v) is 4.84. The van der Waals surface area contributed by atoms with Crippen LogP contribution in [-0.2, 0) is 18.1 Å². The lowest BCUT2D eigenvalue weighted by Gasteiger charge is -2.28. The molecule has 0 atom stereocenters. The maximum Gasteiger partial charge on any atom is 0.419 e. The summed E-state index contributed by atoms with van der Waals surface area (Å²) in [4.78, 5) is 0. The Hall–Kier alpha value is -1.10. The van der Waals surface area contributed by atoms with E-state index in [0.29, 0.717) is 24.2 Å². The Balaban J connectivity index is 2.19. The van der Waals surface area contributed by atoms with Crippen molar-refractivity contribution in [1.29, 1.82) is 0 Å². The first-order valence-corrected chi connectivity index (χ1v) is 5.54. The minimum absolute atomic E-state index is 0.297. The lowest BCUT2D eigenvalue weighted by atomic mass is 9.86. The SMILES string of the molecule is Fc1c(C(F)(F)F)ccc2c1C1(CC1)CNC2. The van der Waals surface area contributed by atoms with Crippen LogP contribution < -0.4 is 5.32 Å². The van der Waals surface area contributed by atoms with Crippen LogP contribution in [0, 0.1) is 5.82 Å². The van der Waals surface area contributed by atoms with Gasteiger partial charge in [-0.2, -0.15) is 13.2 Å². The Morgan fingerprint density at radius 2 is 1.88 bits per heavy atom. The summed E-state index contributed by atoms with van der Waals surface area (Å²) in [6.45, 7) is 1.03. The lowest BCUT2D eigenvalue weighted by molar-refractivity contribution is -0.140. The predicted molar refractivity (Wildman–Crippen MR) is 54.0 cm³/mol. The minimum atomic E-state index is -4.61. The molecule has 0 saturated heterocycles. The standard InChI is InChI=1S/C12H11F4N/c13-10-8(12(14,15)16)2-1-7-5-17-6-11(3-4-11)9(7)10/h1-2,17H,3-6H2.